The van der Waals surface area contributed by atoms with Crippen LogP contribution in [0.4, 0.5) is 4.39 Å². The molecule has 28 heavy (non-hydrogen) atoms. The van der Waals surface area contributed by atoms with Gasteiger partial charge in [0.1, 0.15) is 22.3 Å². The number of halogens is 1. The Morgan fingerprint density at radius 1 is 1.29 bits per heavy atom. The Morgan fingerprint density at radius 3 is 2.54 bits per heavy atom. The average Bonchev–Trinajstić information content (AvgIpc) is 2.66. The minimum Gasteiger partial charge on any atom is -0.454 e. The Balaban J connectivity index is 1.89. The lowest BCUT2D eigenvalue weighted by atomic mass is 9.83. The van der Waals surface area contributed by atoms with E-state index in [9.17, 15) is 27.7 Å². The zero-order valence-corrected chi connectivity index (χ0v) is 16.2. The molecule has 0 saturated heterocycles. The number of carbonyl (C=O) groups is 2. The summed E-state index contributed by atoms with van der Waals surface area (Å²) in [7, 11) is -4.28. The van der Waals surface area contributed by atoms with Crippen LogP contribution in [0.15, 0.2) is 29.2 Å². The third-order valence-electron chi connectivity index (χ3n) is 4.46. The van der Waals surface area contributed by atoms with E-state index in [1.54, 1.807) is 0 Å². The van der Waals surface area contributed by atoms with Crippen LogP contribution in [-0.4, -0.2) is 38.5 Å². The molecule has 10 heteroatoms. The molecule has 0 aromatic heterocycles. The highest BCUT2D eigenvalue weighted by atomic mass is 32.2. The van der Waals surface area contributed by atoms with Gasteiger partial charge in [-0.25, -0.2) is 12.8 Å². The first-order valence-corrected chi connectivity index (χ1v) is 10.3. The molecule has 0 heterocycles. The van der Waals surface area contributed by atoms with Gasteiger partial charge in [-0.05, 0) is 31.9 Å². The van der Waals surface area contributed by atoms with Gasteiger partial charge in [-0.2, -0.15) is 9.98 Å². The fraction of sp³-hybridized carbons (Fsp3) is 0.500. The van der Waals surface area contributed by atoms with Gasteiger partial charge in [-0.15, -0.1) is 0 Å². The van der Waals surface area contributed by atoms with E-state index < -0.39 is 50.8 Å². The van der Waals surface area contributed by atoms with E-state index in [2.05, 4.69) is 11.4 Å². The number of esters is 1. The molecule has 2 rings (SSSR count). The van der Waals surface area contributed by atoms with Crippen molar-refractivity contribution >= 4 is 21.9 Å². The molecule has 1 aliphatic rings. The van der Waals surface area contributed by atoms with Crippen molar-refractivity contribution in [2.24, 2.45) is 0 Å². The highest BCUT2D eigenvalue weighted by Crippen LogP contribution is 2.27. The number of hydrogen-bond donors (Lipinski definition) is 2. The van der Waals surface area contributed by atoms with Gasteiger partial charge < -0.3 is 10.1 Å². The molecule has 1 saturated carbocycles. The maximum Gasteiger partial charge on any atom is 0.324 e. The Labute approximate surface area is 163 Å². The summed E-state index contributed by atoms with van der Waals surface area (Å²) in [5.74, 6) is -2.59. The summed E-state index contributed by atoms with van der Waals surface area (Å²) in [4.78, 5) is 23.4. The van der Waals surface area contributed by atoms with Gasteiger partial charge in [0.15, 0.2) is 6.61 Å². The lowest BCUT2D eigenvalue weighted by Crippen LogP contribution is -2.50. The third kappa shape index (κ3) is 5.50. The standard InChI is InChI=1S/C18H22FN3O5S/c1-13(22-28(25,26)15-8-4-3-7-14(15)19)17(24)27-11-16(23)21-18(12-20)9-5-2-6-10-18/h3-4,7-8,13,22H,2,5-6,9-11H2,1H3,(H,21,23)/t13-/m0/s1. The predicted molar refractivity (Wildman–Crippen MR) is 96.7 cm³/mol. The number of nitriles is 1. The lowest BCUT2D eigenvalue weighted by molar-refractivity contribution is -0.150. The van der Waals surface area contributed by atoms with E-state index in [1.807, 2.05) is 4.72 Å². The first-order chi connectivity index (χ1) is 13.2. The van der Waals surface area contributed by atoms with Crippen LogP contribution < -0.4 is 10.0 Å². The number of nitrogens with zero attached hydrogens (tertiary/aromatic N) is 1. The monoisotopic (exact) mass is 411 g/mol. The number of benzene rings is 1. The van der Waals surface area contributed by atoms with Crippen molar-refractivity contribution in [3.8, 4) is 6.07 Å². The van der Waals surface area contributed by atoms with E-state index in [1.165, 1.54) is 19.1 Å². The molecule has 0 spiro atoms. The van der Waals surface area contributed by atoms with E-state index in [0.29, 0.717) is 12.8 Å². The van der Waals surface area contributed by atoms with Gasteiger partial charge in [0, 0.05) is 0 Å². The zero-order chi connectivity index (χ0) is 20.8. The van der Waals surface area contributed by atoms with Crippen LogP contribution in [0.3, 0.4) is 0 Å². The highest BCUT2D eigenvalue weighted by molar-refractivity contribution is 7.89. The molecular formula is C18H22FN3O5S. The molecule has 8 nitrogen and oxygen atoms in total. The largest absolute Gasteiger partial charge is 0.454 e. The van der Waals surface area contributed by atoms with E-state index in [0.717, 1.165) is 31.4 Å². The summed E-state index contributed by atoms with van der Waals surface area (Å²) in [6.07, 6.45) is 3.70. The van der Waals surface area contributed by atoms with Crippen LogP contribution in [0.2, 0.25) is 0 Å². The van der Waals surface area contributed by atoms with Gasteiger partial charge in [0.25, 0.3) is 5.91 Å². The summed E-state index contributed by atoms with van der Waals surface area (Å²) in [5.41, 5.74) is -0.959. The molecule has 1 atom stereocenters. The number of amides is 1. The molecule has 1 fully saturated rings. The lowest BCUT2D eigenvalue weighted by Gasteiger charge is -2.31. The Hall–Kier alpha value is -2.51. The molecule has 1 aromatic carbocycles. The normalized spacial score (nSPS) is 17.2. The van der Waals surface area contributed by atoms with Crippen LogP contribution in [0.5, 0.6) is 0 Å². The second kappa shape index (κ2) is 9.12. The number of ether oxygens (including phenoxy) is 1. The fourth-order valence-electron chi connectivity index (χ4n) is 2.99. The van der Waals surface area contributed by atoms with Crippen molar-refractivity contribution in [3.63, 3.8) is 0 Å². The minimum atomic E-state index is -4.28. The molecule has 0 radical (unpaired) electrons. The van der Waals surface area contributed by atoms with Crippen LogP contribution in [-0.2, 0) is 24.3 Å². The van der Waals surface area contributed by atoms with Gasteiger partial charge in [-0.3, -0.25) is 9.59 Å². The highest BCUT2D eigenvalue weighted by Gasteiger charge is 2.34. The predicted octanol–water partition coefficient (Wildman–Crippen LogP) is 1.38. The summed E-state index contributed by atoms with van der Waals surface area (Å²) in [6, 6.07) is 5.51. The summed E-state index contributed by atoms with van der Waals surface area (Å²) in [5, 5.41) is 11.9. The van der Waals surface area contributed by atoms with E-state index in [4.69, 9.17) is 4.74 Å². The first-order valence-electron chi connectivity index (χ1n) is 8.85. The Kier molecular flexibility index (Phi) is 7.10. The van der Waals surface area contributed by atoms with Crippen molar-refractivity contribution in [2.45, 2.75) is 55.5 Å². The molecule has 1 aliphatic carbocycles. The number of nitrogens with one attached hydrogen (secondary N) is 2. The minimum absolute atomic E-state index is 0.530. The molecule has 0 unspecified atom stereocenters. The number of hydrogen-bond acceptors (Lipinski definition) is 6. The van der Waals surface area contributed by atoms with Crippen LogP contribution in [0.1, 0.15) is 39.0 Å². The molecule has 1 aromatic rings. The maximum absolute atomic E-state index is 13.7. The maximum atomic E-state index is 13.7. The van der Waals surface area contributed by atoms with Crippen molar-refractivity contribution in [2.75, 3.05) is 6.61 Å². The third-order valence-corrected chi connectivity index (χ3v) is 6.03. The fourth-order valence-corrected chi connectivity index (χ4v) is 4.26. The van der Waals surface area contributed by atoms with Crippen molar-refractivity contribution in [3.05, 3.63) is 30.1 Å². The van der Waals surface area contributed by atoms with Crippen molar-refractivity contribution in [1.82, 2.24) is 10.0 Å². The SMILES string of the molecule is C[C@H](NS(=O)(=O)c1ccccc1F)C(=O)OCC(=O)NC1(C#N)CCCCC1. The van der Waals surface area contributed by atoms with Crippen LogP contribution >= 0.6 is 0 Å². The second-order valence-electron chi connectivity index (χ2n) is 6.68. The van der Waals surface area contributed by atoms with E-state index in [-0.39, 0.29) is 0 Å². The number of sulfonamides is 1. The summed E-state index contributed by atoms with van der Waals surface area (Å²) in [6.45, 7) is 0.574. The van der Waals surface area contributed by atoms with E-state index >= 15 is 0 Å². The Bertz CT molecular complexity index is 875. The van der Waals surface area contributed by atoms with Crippen LogP contribution in [0.25, 0.3) is 0 Å². The van der Waals surface area contributed by atoms with Crippen LogP contribution in [0, 0.1) is 17.1 Å². The molecule has 0 aliphatic heterocycles. The molecular weight excluding hydrogens is 389 g/mol. The van der Waals surface area contributed by atoms with Crippen molar-refractivity contribution in [1.29, 1.82) is 5.26 Å². The second-order valence-corrected chi connectivity index (χ2v) is 8.37. The van der Waals surface area contributed by atoms with Gasteiger partial charge in [0.05, 0.1) is 6.07 Å². The molecule has 152 valence electrons. The van der Waals surface area contributed by atoms with Crippen molar-refractivity contribution < 1.29 is 27.1 Å². The zero-order valence-electron chi connectivity index (χ0n) is 15.4. The van der Waals surface area contributed by atoms with Gasteiger partial charge >= 0.3 is 5.97 Å². The molecule has 2 N–H and O–H groups in total. The molecule has 0 bridgehead atoms. The first kappa shape index (κ1) is 21.8. The number of carbonyl (C=O) groups excluding carboxylic acids is 2. The topological polar surface area (TPSA) is 125 Å². The smallest absolute Gasteiger partial charge is 0.324 e. The molecule has 1 amide bonds. The quantitative estimate of drug-likeness (QED) is 0.653. The summed E-state index contributed by atoms with van der Waals surface area (Å²) >= 11 is 0. The Morgan fingerprint density at radius 2 is 1.93 bits per heavy atom. The van der Waals surface area contributed by atoms with Gasteiger partial charge in [-0.1, -0.05) is 31.4 Å². The number of rotatable bonds is 7. The summed E-state index contributed by atoms with van der Waals surface area (Å²) < 4.78 is 44.9. The van der Waals surface area contributed by atoms with Gasteiger partial charge in [0.2, 0.25) is 10.0 Å². The average molecular weight is 411 g/mol.